The molecule has 0 saturated heterocycles. The molecule has 5 heteroatoms. The highest BCUT2D eigenvalue weighted by molar-refractivity contribution is 6.31. The summed E-state index contributed by atoms with van der Waals surface area (Å²) in [4.78, 5) is 0. The van der Waals surface area contributed by atoms with Gasteiger partial charge in [-0.1, -0.05) is 25.4 Å². The Morgan fingerprint density at radius 1 is 1.35 bits per heavy atom. The van der Waals surface area contributed by atoms with Crippen molar-refractivity contribution < 1.29 is 13.2 Å². The first-order chi connectivity index (χ1) is 7.83. The molecule has 0 aliphatic carbocycles. The molecule has 1 aromatic rings. The predicted molar refractivity (Wildman–Crippen MR) is 63.0 cm³/mol. The third-order valence-electron chi connectivity index (χ3n) is 2.22. The van der Waals surface area contributed by atoms with E-state index in [1.165, 1.54) is 0 Å². The predicted octanol–water partition coefficient (Wildman–Crippen LogP) is 3.82. The minimum Gasteiger partial charge on any atom is -0.311 e. The van der Waals surface area contributed by atoms with Crippen LogP contribution in [0.2, 0.25) is 5.02 Å². The number of nitrogens with one attached hydrogen (secondary N) is 1. The van der Waals surface area contributed by atoms with Gasteiger partial charge < -0.3 is 5.32 Å². The van der Waals surface area contributed by atoms with Crippen LogP contribution in [0.15, 0.2) is 18.2 Å². The molecule has 0 aromatic heterocycles. The molecule has 0 fully saturated rings. The summed E-state index contributed by atoms with van der Waals surface area (Å²) in [7, 11) is 0. The van der Waals surface area contributed by atoms with Gasteiger partial charge in [0.25, 0.3) is 5.92 Å². The molecule has 0 saturated carbocycles. The fourth-order valence-corrected chi connectivity index (χ4v) is 1.70. The first-order valence-electron chi connectivity index (χ1n) is 5.37. The van der Waals surface area contributed by atoms with Crippen molar-refractivity contribution in [3.05, 3.63) is 34.6 Å². The zero-order valence-corrected chi connectivity index (χ0v) is 10.5. The van der Waals surface area contributed by atoms with Crippen LogP contribution in [-0.2, 0) is 5.92 Å². The molecule has 0 spiro atoms. The van der Waals surface area contributed by atoms with Crippen LogP contribution in [-0.4, -0.2) is 13.1 Å². The van der Waals surface area contributed by atoms with E-state index >= 15 is 0 Å². The molecular weight excluding hydrogens is 251 g/mol. The van der Waals surface area contributed by atoms with Crippen molar-refractivity contribution in [2.24, 2.45) is 5.92 Å². The zero-order valence-electron chi connectivity index (χ0n) is 9.74. The number of hydrogen-bond donors (Lipinski definition) is 1. The van der Waals surface area contributed by atoms with Crippen LogP contribution >= 0.6 is 11.6 Å². The van der Waals surface area contributed by atoms with Crippen molar-refractivity contribution >= 4 is 11.6 Å². The van der Waals surface area contributed by atoms with E-state index in [0.29, 0.717) is 6.54 Å². The zero-order chi connectivity index (χ0) is 13.1. The maximum absolute atomic E-state index is 13.7. The number of benzene rings is 1. The number of rotatable bonds is 5. The van der Waals surface area contributed by atoms with Crippen LogP contribution in [0.5, 0.6) is 0 Å². The molecule has 1 aromatic carbocycles. The third kappa shape index (κ3) is 4.21. The monoisotopic (exact) mass is 265 g/mol. The summed E-state index contributed by atoms with van der Waals surface area (Å²) in [6, 6.07) is 2.90. The molecule has 96 valence electrons. The Kier molecular flexibility index (Phi) is 4.83. The molecule has 1 N–H and O–H groups in total. The van der Waals surface area contributed by atoms with E-state index < -0.39 is 18.3 Å². The van der Waals surface area contributed by atoms with E-state index in [1.807, 2.05) is 13.8 Å². The molecule has 0 amide bonds. The second kappa shape index (κ2) is 5.74. The fourth-order valence-electron chi connectivity index (χ4n) is 1.40. The maximum Gasteiger partial charge on any atom is 0.286 e. The largest absolute Gasteiger partial charge is 0.311 e. The first-order valence-corrected chi connectivity index (χ1v) is 5.75. The second-order valence-electron chi connectivity index (χ2n) is 4.35. The Morgan fingerprint density at radius 2 is 2.00 bits per heavy atom. The van der Waals surface area contributed by atoms with E-state index in [1.54, 1.807) is 0 Å². The molecule has 0 radical (unpaired) electrons. The Balaban J connectivity index is 2.74. The van der Waals surface area contributed by atoms with Gasteiger partial charge in [0.1, 0.15) is 5.82 Å². The molecule has 0 bridgehead atoms. The van der Waals surface area contributed by atoms with Crippen molar-refractivity contribution in [3.63, 3.8) is 0 Å². The summed E-state index contributed by atoms with van der Waals surface area (Å²) in [5.41, 5.74) is -0.350. The lowest BCUT2D eigenvalue weighted by Gasteiger charge is -2.19. The van der Waals surface area contributed by atoms with Gasteiger partial charge in [0.2, 0.25) is 0 Å². The lowest BCUT2D eigenvalue weighted by Crippen LogP contribution is -2.33. The molecule has 1 nitrogen and oxygen atoms in total. The lowest BCUT2D eigenvalue weighted by molar-refractivity contribution is -0.00346. The summed E-state index contributed by atoms with van der Waals surface area (Å²) in [6.45, 7) is 3.84. The van der Waals surface area contributed by atoms with E-state index in [4.69, 9.17) is 11.6 Å². The average molecular weight is 266 g/mol. The summed E-state index contributed by atoms with van der Waals surface area (Å²) < 4.78 is 40.2. The van der Waals surface area contributed by atoms with Gasteiger partial charge in [-0.2, -0.15) is 8.78 Å². The van der Waals surface area contributed by atoms with E-state index in [9.17, 15) is 13.2 Å². The molecule has 0 unspecified atom stereocenters. The highest BCUT2D eigenvalue weighted by Crippen LogP contribution is 2.33. The lowest BCUT2D eigenvalue weighted by atomic mass is 10.1. The van der Waals surface area contributed by atoms with Gasteiger partial charge in [0.15, 0.2) is 0 Å². The van der Waals surface area contributed by atoms with Crippen LogP contribution in [0.4, 0.5) is 13.2 Å². The van der Waals surface area contributed by atoms with Gasteiger partial charge in [0.05, 0.1) is 11.6 Å². The van der Waals surface area contributed by atoms with Crippen molar-refractivity contribution in [2.45, 2.75) is 19.8 Å². The maximum atomic E-state index is 13.7. The SMILES string of the molecule is CC(C)CNCC(F)(F)c1ccc(F)cc1Cl. The minimum absolute atomic E-state index is 0.249. The average Bonchev–Trinajstić information content (AvgIpc) is 2.15. The Bertz CT molecular complexity index is 380. The normalized spacial score (nSPS) is 12.2. The van der Waals surface area contributed by atoms with Gasteiger partial charge in [-0.25, -0.2) is 4.39 Å². The molecule has 0 atom stereocenters. The van der Waals surface area contributed by atoms with Crippen molar-refractivity contribution in [3.8, 4) is 0 Å². The summed E-state index contributed by atoms with van der Waals surface area (Å²) in [5, 5.41) is 2.41. The third-order valence-corrected chi connectivity index (χ3v) is 2.54. The van der Waals surface area contributed by atoms with Crippen molar-refractivity contribution in [1.82, 2.24) is 5.32 Å². The first kappa shape index (κ1) is 14.3. The molecule has 17 heavy (non-hydrogen) atoms. The fraction of sp³-hybridized carbons (Fsp3) is 0.500. The van der Waals surface area contributed by atoms with E-state index in [2.05, 4.69) is 5.32 Å². The summed E-state index contributed by atoms with van der Waals surface area (Å²) in [6.07, 6.45) is 0. The van der Waals surface area contributed by atoms with Gasteiger partial charge in [-0.3, -0.25) is 0 Å². The molecule has 0 aliphatic rings. The van der Waals surface area contributed by atoms with Crippen molar-refractivity contribution in [2.75, 3.05) is 13.1 Å². The number of halogens is 4. The van der Waals surface area contributed by atoms with Gasteiger partial charge in [-0.15, -0.1) is 0 Å². The van der Waals surface area contributed by atoms with Gasteiger partial charge >= 0.3 is 0 Å². The summed E-state index contributed by atoms with van der Waals surface area (Å²) >= 11 is 5.61. The number of hydrogen-bond acceptors (Lipinski definition) is 1. The van der Waals surface area contributed by atoms with Gasteiger partial charge in [0, 0.05) is 5.56 Å². The summed E-state index contributed by atoms with van der Waals surface area (Å²) in [5.74, 6) is -3.43. The Hall–Kier alpha value is -0.740. The van der Waals surface area contributed by atoms with Crippen LogP contribution in [0.1, 0.15) is 19.4 Å². The van der Waals surface area contributed by atoms with E-state index in [-0.39, 0.29) is 16.5 Å². The van der Waals surface area contributed by atoms with Crippen LogP contribution < -0.4 is 5.32 Å². The van der Waals surface area contributed by atoms with Crippen LogP contribution in [0, 0.1) is 11.7 Å². The van der Waals surface area contributed by atoms with Crippen LogP contribution in [0.25, 0.3) is 0 Å². The van der Waals surface area contributed by atoms with Crippen molar-refractivity contribution in [1.29, 1.82) is 0 Å². The second-order valence-corrected chi connectivity index (χ2v) is 4.76. The van der Waals surface area contributed by atoms with Gasteiger partial charge in [-0.05, 0) is 30.7 Å². The molecule has 0 heterocycles. The van der Waals surface area contributed by atoms with E-state index in [0.717, 1.165) is 18.2 Å². The number of alkyl halides is 2. The molecule has 0 aliphatic heterocycles. The minimum atomic E-state index is -3.10. The standard InChI is InChI=1S/C12H15ClF3N/c1-8(2)6-17-7-12(15,16)10-4-3-9(14)5-11(10)13/h3-5,8,17H,6-7H2,1-2H3. The highest BCUT2D eigenvalue weighted by atomic mass is 35.5. The highest BCUT2D eigenvalue weighted by Gasteiger charge is 2.33. The smallest absolute Gasteiger partial charge is 0.286 e. The topological polar surface area (TPSA) is 12.0 Å². The Labute approximate surface area is 104 Å². The molecule has 1 rings (SSSR count). The quantitative estimate of drug-likeness (QED) is 0.853. The Morgan fingerprint density at radius 3 is 2.53 bits per heavy atom. The van der Waals surface area contributed by atoms with Crippen LogP contribution in [0.3, 0.4) is 0 Å². The molecular formula is C12H15ClF3N.